The molecule has 1 aromatic carbocycles. The normalized spacial score (nSPS) is 14.8. The minimum Gasteiger partial charge on any atom is -0.392 e. The maximum absolute atomic E-state index is 13.4. The number of hydrogen-bond donors (Lipinski definition) is 3. The zero-order valence-electron chi connectivity index (χ0n) is 10.9. The van der Waals surface area contributed by atoms with Crippen LogP contribution in [0, 0.1) is 11.7 Å². The van der Waals surface area contributed by atoms with Crippen molar-refractivity contribution in [2.75, 3.05) is 13.1 Å². The third kappa shape index (κ3) is 5.12. The molecule has 2 atom stereocenters. The summed E-state index contributed by atoms with van der Waals surface area (Å²) in [5.74, 6) is 0.0211. The van der Waals surface area contributed by atoms with Crippen LogP contribution >= 0.6 is 0 Å². The first-order valence-corrected chi connectivity index (χ1v) is 6.32. The summed E-state index contributed by atoms with van der Waals surface area (Å²) in [6.07, 6.45) is -0.613. The Hall–Kier alpha value is -0.970. The van der Waals surface area contributed by atoms with Gasteiger partial charge in [-0.2, -0.15) is 0 Å². The summed E-state index contributed by atoms with van der Waals surface area (Å²) in [7, 11) is 0. The molecule has 0 heterocycles. The highest BCUT2D eigenvalue weighted by molar-refractivity contribution is 5.19. The summed E-state index contributed by atoms with van der Waals surface area (Å²) in [5.41, 5.74) is 0.281. The van der Waals surface area contributed by atoms with Gasteiger partial charge in [0.05, 0.1) is 12.2 Å². The van der Waals surface area contributed by atoms with Crippen LogP contribution in [0.5, 0.6) is 0 Å². The van der Waals surface area contributed by atoms with Crippen molar-refractivity contribution in [3.8, 4) is 0 Å². The van der Waals surface area contributed by atoms with Crippen LogP contribution in [0.3, 0.4) is 0 Å². The number of aliphatic hydroxyl groups is 2. The maximum Gasteiger partial charge on any atom is 0.129 e. The van der Waals surface area contributed by atoms with E-state index >= 15 is 0 Å². The molecule has 0 saturated carbocycles. The van der Waals surface area contributed by atoms with Gasteiger partial charge in [-0.1, -0.05) is 32.0 Å². The van der Waals surface area contributed by atoms with Crippen LogP contribution in [0.4, 0.5) is 4.39 Å². The van der Waals surface area contributed by atoms with Gasteiger partial charge in [-0.05, 0) is 18.4 Å². The Balaban J connectivity index is 2.34. The first kappa shape index (κ1) is 15.1. The SMILES string of the molecule is CC(C)CC(O)CNCC(O)c1ccccc1F. The van der Waals surface area contributed by atoms with E-state index in [4.69, 9.17) is 0 Å². The number of benzene rings is 1. The molecule has 3 nitrogen and oxygen atoms in total. The van der Waals surface area contributed by atoms with Crippen molar-refractivity contribution >= 4 is 0 Å². The van der Waals surface area contributed by atoms with Crippen molar-refractivity contribution in [1.29, 1.82) is 0 Å². The summed E-state index contributed by atoms with van der Waals surface area (Å²) < 4.78 is 13.4. The molecule has 0 aliphatic rings. The Morgan fingerprint density at radius 3 is 2.44 bits per heavy atom. The molecule has 1 aromatic rings. The lowest BCUT2D eigenvalue weighted by molar-refractivity contribution is 0.130. The largest absolute Gasteiger partial charge is 0.392 e. The van der Waals surface area contributed by atoms with Gasteiger partial charge in [-0.25, -0.2) is 4.39 Å². The van der Waals surface area contributed by atoms with E-state index in [0.29, 0.717) is 18.9 Å². The van der Waals surface area contributed by atoms with Crippen LogP contribution < -0.4 is 5.32 Å². The molecule has 0 saturated heterocycles. The van der Waals surface area contributed by atoms with Crippen molar-refractivity contribution in [3.05, 3.63) is 35.6 Å². The van der Waals surface area contributed by atoms with Crippen LogP contribution in [-0.4, -0.2) is 29.4 Å². The number of nitrogens with one attached hydrogen (secondary N) is 1. The molecule has 0 aliphatic heterocycles. The summed E-state index contributed by atoms with van der Waals surface area (Å²) in [4.78, 5) is 0. The van der Waals surface area contributed by atoms with Crippen molar-refractivity contribution < 1.29 is 14.6 Å². The van der Waals surface area contributed by atoms with E-state index in [-0.39, 0.29) is 12.1 Å². The van der Waals surface area contributed by atoms with Gasteiger partial charge in [0.1, 0.15) is 5.82 Å². The molecule has 0 spiro atoms. The highest BCUT2D eigenvalue weighted by Gasteiger charge is 2.12. The Labute approximate surface area is 108 Å². The molecule has 3 N–H and O–H groups in total. The molecule has 0 aromatic heterocycles. The molecule has 4 heteroatoms. The average Bonchev–Trinajstić information content (AvgIpc) is 2.28. The van der Waals surface area contributed by atoms with E-state index in [0.717, 1.165) is 0 Å². The van der Waals surface area contributed by atoms with Crippen LogP contribution in [0.15, 0.2) is 24.3 Å². The molecule has 0 radical (unpaired) electrons. The molecule has 0 amide bonds. The average molecular weight is 255 g/mol. The monoisotopic (exact) mass is 255 g/mol. The molecule has 18 heavy (non-hydrogen) atoms. The number of rotatable bonds is 7. The molecular weight excluding hydrogens is 233 g/mol. The van der Waals surface area contributed by atoms with Gasteiger partial charge in [0, 0.05) is 18.7 Å². The van der Waals surface area contributed by atoms with E-state index in [2.05, 4.69) is 5.32 Å². The van der Waals surface area contributed by atoms with E-state index in [1.165, 1.54) is 6.07 Å². The zero-order chi connectivity index (χ0) is 13.5. The summed E-state index contributed by atoms with van der Waals surface area (Å²) >= 11 is 0. The van der Waals surface area contributed by atoms with Crippen LogP contribution in [0.25, 0.3) is 0 Å². The smallest absolute Gasteiger partial charge is 0.129 e. The highest BCUT2D eigenvalue weighted by atomic mass is 19.1. The first-order valence-electron chi connectivity index (χ1n) is 6.32. The highest BCUT2D eigenvalue weighted by Crippen LogP contribution is 2.15. The Morgan fingerprint density at radius 1 is 1.17 bits per heavy atom. The third-order valence-electron chi connectivity index (χ3n) is 2.73. The fraction of sp³-hybridized carbons (Fsp3) is 0.571. The fourth-order valence-electron chi connectivity index (χ4n) is 1.87. The van der Waals surface area contributed by atoms with Crippen molar-refractivity contribution in [1.82, 2.24) is 5.32 Å². The number of halogens is 1. The summed E-state index contributed by atoms with van der Waals surface area (Å²) in [5, 5.41) is 22.4. The molecule has 0 bridgehead atoms. The third-order valence-corrected chi connectivity index (χ3v) is 2.73. The van der Waals surface area contributed by atoms with Gasteiger partial charge in [0.25, 0.3) is 0 Å². The number of hydrogen-bond acceptors (Lipinski definition) is 3. The topological polar surface area (TPSA) is 52.5 Å². The van der Waals surface area contributed by atoms with Crippen LogP contribution in [-0.2, 0) is 0 Å². The minimum absolute atomic E-state index is 0.232. The first-order chi connectivity index (χ1) is 8.50. The second-order valence-electron chi connectivity index (χ2n) is 4.98. The van der Waals surface area contributed by atoms with Crippen molar-refractivity contribution in [2.45, 2.75) is 32.5 Å². The maximum atomic E-state index is 13.4. The van der Waals surface area contributed by atoms with Gasteiger partial charge < -0.3 is 15.5 Å². The molecule has 2 unspecified atom stereocenters. The molecular formula is C14H22FNO2. The molecule has 0 fully saturated rings. The fourth-order valence-corrected chi connectivity index (χ4v) is 1.87. The minimum atomic E-state index is -0.891. The van der Waals surface area contributed by atoms with E-state index in [1.807, 2.05) is 13.8 Å². The second kappa shape index (κ2) is 7.46. The van der Waals surface area contributed by atoms with E-state index in [9.17, 15) is 14.6 Å². The lowest BCUT2D eigenvalue weighted by Crippen LogP contribution is -2.31. The van der Waals surface area contributed by atoms with Gasteiger partial charge in [0.15, 0.2) is 0 Å². The summed E-state index contributed by atoms with van der Waals surface area (Å²) in [6, 6.07) is 6.17. The van der Waals surface area contributed by atoms with E-state index < -0.39 is 18.0 Å². The zero-order valence-corrected chi connectivity index (χ0v) is 10.9. The Morgan fingerprint density at radius 2 is 1.83 bits per heavy atom. The van der Waals surface area contributed by atoms with Gasteiger partial charge in [0.2, 0.25) is 0 Å². The van der Waals surface area contributed by atoms with Gasteiger partial charge in [-0.3, -0.25) is 0 Å². The van der Waals surface area contributed by atoms with Crippen molar-refractivity contribution in [3.63, 3.8) is 0 Å². The van der Waals surface area contributed by atoms with Gasteiger partial charge in [-0.15, -0.1) is 0 Å². The molecule has 1 rings (SSSR count). The quantitative estimate of drug-likeness (QED) is 0.697. The molecule has 102 valence electrons. The standard InChI is InChI=1S/C14H22FNO2/c1-10(2)7-11(17)8-16-9-14(18)12-5-3-4-6-13(12)15/h3-6,10-11,14,16-18H,7-9H2,1-2H3. The lowest BCUT2D eigenvalue weighted by atomic mass is 10.1. The van der Waals surface area contributed by atoms with E-state index in [1.54, 1.807) is 18.2 Å². The lowest BCUT2D eigenvalue weighted by Gasteiger charge is -2.16. The summed E-state index contributed by atoms with van der Waals surface area (Å²) in [6.45, 7) is 4.72. The predicted octanol–water partition coefficient (Wildman–Crippen LogP) is 1.86. The van der Waals surface area contributed by atoms with Crippen LogP contribution in [0.2, 0.25) is 0 Å². The van der Waals surface area contributed by atoms with Crippen molar-refractivity contribution in [2.24, 2.45) is 5.92 Å². The molecule has 0 aliphatic carbocycles. The second-order valence-corrected chi connectivity index (χ2v) is 4.98. The van der Waals surface area contributed by atoms with Gasteiger partial charge >= 0.3 is 0 Å². The Kier molecular flexibility index (Phi) is 6.25. The number of aliphatic hydroxyl groups excluding tert-OH is 2. The predicted molar refractivity (Wildman–Crippen MR) is 69.7 cm³/mol. The van der Waals surface area contributed by atoms with Crippen LogP contribution in [0.1, 0.15) is 31.9 Å². The Bertz CT molecular complexity index is 357.